The van der Waals surface area contributed by atoms with E-state index >= 15 is 0 Å². The number of hydrogen-bond acceptors (Lipinski definition) is 2. The zero-order chi connectivity index (χ0) is 12.3. The fourth-order valence-electron chi connectivity index (χ4n) is 1.35. The van der Waals surface area contributed by atoms with Gasteiger partial charge in [-0.15, -0.1) is 0 Å². The van der Waals surface area contributed by atoms with E-state index in [4.69, 9.17) is 10.5 Å². The number of rotatable bonds is 4. The van der Waals surface area contributed by atoms with Crippen molar-refractivity contribution >= 4 is 0 Å². The molecule has 1 aromatic carbocycles. The second-order valence-electron chi connectivity index (χ2n) is 3.94. The third kappa shape index (κ3) is 2.88. The Bertz CT molecular complexity index is 366. The highest BCUT2D eigenvalue weighted by molar-refractivity contribution is 5.35. The number of hydrogen-bond donors (Lipinski definition) is 1. The Kier molecular flexibility index (Phi) is 3.80. The van der Waals surface area contributed by atoms with Gasteiger partial charge in [0.15, 0.2) is 0 Å². The normalized spacial score (nSPS) is 14.9. The third-order valence-corrected chi connectivity index (χ3v) is 2.32. The molecule has 0 fully saturated rings. The van der Waals surface area contributed by atoms with Gasteiger partial charge in [0.05, 0.1) is 12.6 Å². The summed E-state index contributed by atoms with van der Waals surface area (Å²) in [6.45, 7) is 1.25. The summed E-state index contributed by atoms with van der Waals surface area (Å²) in [4.78, 5) is 0. The lowest BCUT2D eigenvalue weighted by molar-refractivity contribution is 0.0636. The van der Waals surface area contributed by atoms with Crippen LogP contribution in [0, 0.1) is 5.82 Å². The van der Waals surface area contributed by atoms with Gasteiger partial charge in [-0.05, 0) is 25.0 Å². The van der Waals surface area contributed by atoms with Crippen LogP contribution >= 0.6 is 0 Å². The Morgan fingerprint density at radius 3 is 2.56 bits per heavy atom. The van der Waals surface area contributed by atoms with Gasteiger partial charge >= 0.3 is 0 Å². The van der Waals surface area contributed by atoms with Gasteiger partial charge in [-0.3, -0.25) is 0 Å². The largest absolute Gasteiger partial charge is 0.496 e. The Morgan fingerprint density at radius 2 is 2.06 bits per heavy atom. The van der Waals surface area contributed by atoms with Crippen LogP contribution in [0.15, 0.2) is 18.2 Å². The van der Waals surface area contributed by atoms with Crippen molar-refractivity contribution < 1.29 is 17.9 Å². The molecule has 2 nitrogen and oxygen atoms in total. The van der Waals surface area contributed by atoms with Gasteiger partial charge in [0.25, 0.3) is 6.43 Å². The molecule has 0 amide bonds. The van der Waals surface area contributed by atoms with Crippen LogP contribution in [0.5, 0.6) is 5.75 Å². The molecule has 1 aromatic rings. The molecule has 0 radical (unpaired) electrons. The van der Waals surface area contributed by atoms with Crippen molar-refractivity contribution in [3.8, 4) is 5.75 Å². The quantitative estimate of drug-likeness (QED) is 0.866. The van der Waals surface area contributed by atoms with Crippen LogP contribution in [0.1, 0.15) is 12.5 Å². The molecule has 0 aliphatic rings. The Hall–Kier alpha value is -1.23. The maximum absolute atomic E-state index is 12.9. The number of halogens is 3. The molecular formula is C11H14F3NO. The van der Waals surface area contributed by atoms with Crippen LogP contribution < -0.4 is 10.5 Å². The first kappa shape index (κ1) is 12.8. The minimum absolute atomic E-state index is 0.0753. The second-order valence-corrected chi connectivity index (χ2v) is 3.94. The standard InChI is InChI=1S/C11H14F3NO/c1-11(15,10(13)14)6-7-3-4-8(12)5-9(7)16-2/h3-5,10H,6,15H2,1-2H3. The van der Waals surface area contributed by atoms with Crippen molar-refractivity contribution in [1.29, 1.82) is 0 Å². The Morgan fingerprint density at radius 1 is 1.44 bits per heavy atom. The van der Waals surface area contributed by atoms with E-state index in [0.29, 0.717) is 5.56 Å². The molecule has 90 valence electrons. The highest BCUT2D eigenvalue weighted by atomic mass is 19.3. The van der Waals surface area contributed by atoms with Crippen LogP contribution in [0.25, 0.3) is 0 Å². The summed E-state index contributed by atoms with van der Waals surface area (Å²) in [7, 11) is 1.36. The van der Waals surface area contributed by atoms with Gasteiger partial charge in [-0.2, -0.15) is 0 Å². The van der Waals surface area contributed by atoms with E-state index in [1.54, 1.807) is 0 Å². The predicted octanol–water partition coefficient (Wildman–Crippen LogP) is 2.36. The predicted molar refractivity (Wildman–Crippen MR) is 55.3 cm³/mol. The van der Waals surface area contributed by atoms with Crippen molar-refractivity contribution in [2.75, 3.05) is 7.11 Å². The third-order valence-electron chi connectivity index (χ3n) is 2.32. The van der Waals surface area contributed by atoms with Gasteiger partial charge in [0.2, 0.25) is 0 Å². The van der Waals surface area contributed by atoms with Crippen molar-refractivity contribution in [3.05, 3.63) is 29.6 Å². The zero-order valence-corrected chi connectivity index (χ0v) is 9.14. The fraction of sp³-hybridized carbons (Fsp3) is 0.455. The summed E-state index contributed by atoms with van der Waals surface area (Å²) < 4.78 is 42.9. The summed E-state index contributed by atoms with van der Waals surface area (Å²) in [5.41, 5.74) is 4.27. The minimum Gasteiger partial charge on any atom is -0.496 e. The van der Waals surface area contributed by atoms with Crippen molar-refractivity contribution in [1.82, 2.24) is 0 Å². The smallest absolute Gasteiger partial charge is 0.256 e. The van der Waals surface area contributed by atoms with Gasteiger partial charge < -0.3 is 10.5 Å². The van der Waals surface area contributed by atoms with Crippen LogP contribution in [0.4, 0.5) is 13.2 Å². The maximum Gasteiger partial charge on any atom is 0.256 e. The van der Waals surface area contributed by atoms with Crippen molar-refractivity contribution in [2.45, 2.75) is 25.3 Å². The summed E-state index contributed by atoms with van der Waals surface area (Å²) >= 11 is 0. The van der Waals surface area contributed by atoms with Gasteiger partial charge in [-0.1, -0.05) is 6.07 Å². The molecule has 16 heavy (non-hydrogen) atoms. The van der Waals surface area contributed by atoms with Crippen LogP contribution in [0.2, 0.25) is 0 Å². The van der Waals surface area contributed by atoms with E-state index < -0.39 is 17.8 Å². The van der Waals surface area contributed by atoms with Crippen LogP contribution in [-0.4, -0.2) is 19.1 Å². The van der Waals surface area contributed by atoms with Crippen molar-refractivity contribution in [3.63, 3.8) is 0 Å². The first-order valence-corrected chi connectivity index (χ1v) is 4.76. The average molecular weight is 233 g/mol. The molecule has 2 N–H and O–H groups in total. The molecule has 5 heteroatoms. The second kappa shape index (κ2) is 4.74. The van der Waals surface area contributed by atoms with Gasteiger partial charge in [0, 0.05) is 6.07 Å². The maximum atomic E-state index is 12.9. The fourth-order valence-corrected chi connectivity index (χ4v) is 1.35. The van der Waals surface area contributed by atoms with Gasteiger partial charge in [0.1, 0.15) is 11.6 Å². The number of methoxy groups -OCH3 is 1. The lowest BCUT2D eigenvalue weighted by Crippen LogP contribution is -2.45. The Labute approximate surface area is 92.2 Å². The molecule has 0 bridgehead atoms. The molecule has 1 rings (SSSR count). The average Bonchev–Trinajstić information content (AvgIpc) is 2.20. The summed E-state index contributed by atoms with van der Waals surface area (Å²) in [5.74, 6) is -0.242. The highest BCUT2D eigenvalue weighted by Gasteiger charge is 2.31. The first-order chi connectivity index (χ1) is 7.36. The van der Waals surface area contributed by atoms with Gasteiger partial charge in [-0.25, -0.2) is 13.2 Å². The molecule has 1 atom stereocenters. The zero-order valence-electron chi connectivity index (χ0n) is 9.14. The molecule has 0 aliphatic carbocycles. The lowest BCUT2D eigenvalue weighted by Gasteiger charge is -2.24. The van der Waals surface area contributed by atoms with Crippen LogP contribution in [0.3, 0.4) is 0 Å². The van der Waals surface area contributed by atoms with E-state index in [9.17, 15) is 13.2 Å². The highest BCUT2D eigenvalue weighted by Crippen LogP contribution is 2.25. The topological polar surface area (TPSA) is 35.2 Å². The van der Waals surface area contributed by atoms with E-state index in [-0.39, 0.29) is 12.2 Å². The number of nitrogens with two attached hydrogens (primary N) is 1. The molecule has 0 spiro atoms. The summed E-state index contributed by atoms with van der Waals surface area (Å²) in [5, 5.41) is 0. The van der Waals surface area contributed by atoms with Crippen molar-refractivity contribution in [2.24, 2.45) is 5.73 Å². The summed E-state index contributed by atoms with van der Waals surface area (Å²) in [6.07, 6.45) is -2.73. The van der Waals surface area contributed by atoms with E-state index in [1.165, 1.54) is 26.2 Å². The SMILES string of the molecule is COc1cc(F)ccc1CC(C)(N)C(F)F. The lowest BCUT2D eigenvalue weighted by atomic mass is 9.94. The Balaban J connectivity index is 2.97. The number of benzene rings is 1. The molecule has 0 saturated carbocycles. The first-order valence-electron chi connectivity index (χ1n) is 4.76. The van der Waals surface area contributed by atoms with Crippen LogP contribution in [-0.2, 0) is 6.42 Å². The summed E-state index contributed by atoms with van der Waals surface area (Å²) in [6, 6.07) is 3.75. The van der Waals surface area contributed by atoms with E-state index in [0.717, 1.165) is 6.07 Å². The van der Waals surface area contributed by atoms with E-state index in [1.807, 2.05) is 0 Å². The molecule has 0 saturated heterocycles. The molecule has 1 unspecified atom stereocenters. The molecule has 0 heterocycles. The minimum atomic E-state index is -2.65. The molecule has 0 aromatic heterocycles. The molecule has 0 aliphatic heterocycles. The molecular weight excluding hydrogens is 219 g/mol. The number of alkyl halides is 2. The van der Waals surface area contributed by atoms with E-state index in [2.05, 4.69) is 0 Å². The monoisotopic (exact) mass is 233 g/mol. The number of ether oxygens (including phenoxy) is 1.